The zero-order chi connectivity index (χ0) is 15.4. The summed E-state index contributed by atoms with van der Waals surface area (Å²) in [6.07, 6.45) is 5.32. The second-order valence-electron chi connectivity index (χ2n) is 5.12. The number of amides is 1. The molecule has 22 heavy (non-hydrogen) atoms. The van der Waals surface area contributed by atoms with E-state index in [2.05, 4.69) is 10.3 Å². The van der Waals surface area contributed by atoms with E-state index in [1.807, 2.05) is 72.3 Å². The Morgan fingerprint density at radius 2 is 1.82 bits per heavy atom. The van der Waals surface area contributed by atoms with Crippen LogP contribution in [-0.4, -0.2) is 15.5 Å². The highest BCUT2D eigenvalue weighted by atomic mass is 16.1. The van der Waals surface area contributed by atoms with Crippen molar-refractivity contribution >= 4 is 5.91 Å². The molecule has 3 rings (SSSR count). The van der Waals surface area contributed by atoms with E-state index < -0.39 is 0 Å². The molecule has 0 saturated carbocycles. The van der Waals surface area contributed by atoms with E-state index in [9.17, 15) is 4.79 Å². The summed E-state index contributed by atoms with van der Waals surface area (Å²) >= 11 is 0. The Morgan fingerprint density at radius 3 is 2.45 bits per heavy atom. The normalized spacial score (nSPS) is 11.9. The Hall–Kier alpha value is -2.88. The van der Waals surface area contributed by atoms with Gasteiger partial charge >= 0.3 is 0 Å². The zero-order valence-electron chi connectivity index (χ0n) is 12.3. The first-order valence-corrected chi connectivity index (χ1v) is 7.18. The first-order chi connectivity index (χ1) is 10.7. The van der Waals surface area contributed by atoms with Crippen LogP contribution in [-0.2, 0) is 0 Å². The van der Waals surface area contributed by atoms with Gasteiger partial charge in [0.1, 0.15) is 0 Å². The van der Waals surface area contributed by atoms with Crippen molar-refractivity contribution in [2.24, 2.45) is 0 Å². The molecular weight excluding hydrogens is 274 g/mol. The fourth-order valence-corrected chi connectivity index (χ4v) is 2.30. The number of hydrogen-bond donors (Lipinski definition) is 1. The van der Waals surface area contributed by atoms with Gasteiger partial charge in [0, 0.05) is 23.6 Å². The summed E-state index contributed by atoms with van der Waals surface area (Å²) < 4.78 is 1.90. The van der Waals surface area contributed by atoms with Crippen molar-refractivity contribution in [1.82, 2.24) is 14.9 Å². The van der Waals surface area contributed by atoms with E-state index in [0.29, 0.717) is 5.56 Å². The smallest absolute Gasteiger partial charge is 0.251 e. The molecule has 1 N–H and O–H groups in total. The van der Waals surface area contributed by atoms with Gasteiger partial charge in [-0.2, -0.15) is 0 Å². The lowest BCUT2D eigenvalue weighted by molar-refractivity contribution is 0.0940. The molecule has 0 spiro atoms. The van der Waals surface area contributed by atoms with Gasteiger partial charge in [0.25, 0.3) is 5.91 Å². The molecule has 0 aliphatic rings. The van der Waals surface area contributed by atoms with Crippen LogP contribution in [0.4, 0.5) is 0 Å². The number of carbonyl (C=O) groups excluding carboxylic acids is 1. The number of imidazole rings is 1. The quantitative estimate of drug-likeness (QED) is 0.801. The van der Waals surface area contributed by atoms with Gasteiger partial charge in [0.2, 0.25) is 0 Å². The van der Waals surface area contributed by atoms with Crippen molar-refractivity contribution in [3.05, 3.63) is 84.4 Å². The third kappa shape index (κ3) is 3.06. The van der Waals surface area contributed by atoms with Crippen LogP contribution in [0.3, 0.4) is 0 Å². The summed E-state index contributed by atoms with van der Waals surface area (Å²) in [4.78, 5) is 16.3. The summed E-state index contributed by atoms with van der Waals surface area (Å²) in [5.41, 5.74) is 2.71. The SMILES string of the molecule is CC(NC(=O)c1ccc(-n2ccnc2)cc1)c1ccccc1. The Morgan fingerprint density at radius 1 is 1.09 bits per heavy atom. The fraction of sp³-hybridized carbons (Fsp3) is 0.111. The van der Waals surface area contributed by atoms with Crippen LogP contribution in [0.1, 0.15) is 28.9 Å². The van der Waals surface area contributed by atoms with E-state index >= 15 is 0 Å². The van der Waals surface area contributed by atoms with Gasteiger partial charge < -0.3 is 9.88 Å². The molecule has 1 aromatic heterocycles. The van der Waals surface area contributed by atoms with E-state index in [4.69, 9.17) is 0 Å². The van der Waals surface area contributed by atoms with Crippen molar-refractivity contribution in [2.45, 2.75) is 13.0 Å². The molecule has 0 radical (unpaired) electrons. The molecule has 0 fully saturated rings. The minimum Gasteiger partial charge on any atom is -0.346 e. The molecule has 3 aromatic rings. The van der Waals surface area contributed by atoms with E-state index in [0.717, 1.165) is 11.3 Å². The molecule has 0 bridgehead atoms. The van der Waals surface area contributed by atoms with Crippen molar-refractivity contribution < 1.29 is 4.79 Å². The van der Waals surface area contributed by atoms with Crippen LogP contribution in [0, 0.1) is 0 Å². The van der Waals surface area contributed by atoms with Gasteiger partial charge in [-0.05, 0) is 36.8 Å². The van der Waals surface area contributed by atoms with Crippen LogP contribution in [0.25, 0.3) is 5.69 Å². The Bertz CT molecular complexity index is 734. The van der Waals surface area contributed by atoms with Crippen LogP contribution in [0.15, 0.2) is 73.3 Å². The number of carbonyl (C=O) groups is 1. The highest BCUT2D eigenvalue weighted by Crippen LogP contribution is 2.14. The van der Waals surface area contributed by atoms with Crippen molar-refractivity contribution in [3.8, 4) is 5.69 Å². The highest BCUT2D eigenvalue weighted by Gasteiger charge is 2.11. The van der Waals surface area contributed by atoms with Crippen molar-refractivity contribution in [2.75, 3.05) is 0 Å². The van der Waals surface area contributed by atoms with Gasteiger partial charge in [-0.25, -0.2) is 4.98 Å². The van der Waals surface area contributed by atoms with Crippen molar-refractivity contribution in [1.29, 1.82) is 0 Å². The number of nitrogens with one attached hydrogen (secondary N) is 1. The summed E-state index contributed by atoms with van der Waals surface area (Å²) in [5.74, 6) is -0.0754. The lowest BCUT2D eigenvalue weighted by atomic mass is 10.1. The largest absolute Gasteiger partial charge is 0.346 e. The minimum atomic E-state index is -0.0754. The lowest BCUT2D eigenvalue weighted by Crippen LogP contribution is -2.26. The molecule has 2 aromatic carbocycles. The molecule has 0 saturated heterocycles. The second kappa shape index (κ2) is 6.26. The third-order valence-corrected chi connectivity index (χ3v) is 3.58. The van der Waals surface area contributed by atoms with Gasteiger partial charge in [-0.1, -0.05) is 30.3 Å². The molecule has 1 unspecified atom stereocenters. The van der Waals surface area contributed by atoms with E-state index in [1.54, 1.807) is 12.5 Å². The minimum absolute atomic E-state index is 0.0259. The Kier molecular flexibility index (Phi) is 4.01. The lowest BCUT2D eigenvalue weighted by Gasteiger charge is -2.14. The molecule has 1 atom stereocenters. The third-order valence-electron chi connectivity index (χ3n) is 3.58. The summed E-state index contributed by atoms with van der Waals surface area (Å²) in [5, 5.41) is 3.01. The Balaban J connectivity index is 1.70. The van der Waals surface area contributed by atoms with Gasteiger partial charge in [0.15, 0.2) is 0 Å². The monoisotopic (exact) mass is 291 g/mol. The molecule has 1 heterocycles. The first kappa shape index (κ1) is 14.1. The van der Waals surface area contributed by atoms with E-state index in [1.165, 1.54) is 0 Å². The average molecular weight is 291 g/mol. The molecule has 1 amide bonds. The molecule has 4 nitrogen and oxygen atoms in total. The highest BCUT2D eigenvalue weighted by molar-refractivity contribution is 5.94. The predicted molar refractivity (Wildman–Crippen MR) is 85.9 cm³/mol. The molecule has 0 aliphatic carbocycles. The van der Waals surface area contributed by atoms with Gasteiger partial charge in [0.05, 0.1) is 12.4 Å². The second-order valence-corrected chi connectivity index (χ2v) is 5.12. The molecule has 4 heteroatoms. The summed E-state index contributed by atoms with van der Waals surface area (Å²) in [6.45, 7) is 1.98. The number of benzene rings is 2. The number of hydrogen-bond acceptors (Lipinski definition) is 2. The zero-order valence-corrected chi connectivity index (χ0v) is 12.3. The van der Waals surface area contributed by atoms with Crippen LogP contribution in [0.2, 0.25) is 0 Å². The predicted octanol–water partition coefficient (Wildman–Crippen LogP) is 3.36. The Labute approximate surface area is 129 Å². The van der Waals surface area contributed by atoms with Gasteiger partial charge in [-0.15, -0.1) is 0 Å². The van der Waals surface area contributed by atoms with Gasteiger partial charge in [-0.3, -0.25) is 4.79 Å². The number of rotatable bonds is 4. The fourth-order valence-electron chi connectivity index (χ4n) is 2.30. The average Bonchev–Trinajstić information content (AvgIpc) is 3.10. The molecular formula is C18H17N3O. The number of aromatic nitrogens is 2. The van der Waals surface area contributed by atoms with Crippen LogP contribution < -0.4 is 5.32 Å². The number of nitrogens with zero attached hydrogens (tertiary/aromatic N) is 2. The van der Waals surface area contributed by atoms with Crippen molar-refractivity contribution in [3.63, 3.8) is 0 Å². The maximum absolute atomic E-state index is 12.3. The summed E-state index contributed by atoms with van der Waals surface area (Å²) in [7, 11) is 0. The van der Waals surface area contributed by atoms with E-state index in [-0.39, 0.29) is 11.9 Å². The van der Waals surface area contributed by atoms with Crippen LogP contribution >= 0.6 is 0 Å². The maximum Gasteiger partial charge on any atom is 0.251 e. The first-order valence-electron chi connectivity index (χ1n) is 7.18. The maximum atomic E-state index is 12.3. The summed E-state index contributed by atoms with van der Waals surface area (Å²) in [6, 6.07) is 17.4. The van der Waals surface area contributed by atoms with Crippen LogP contribution in [0.5, 0.6) is 0 Å². The molecule has 0 aliphatic heterocycles. The topological polar surface area (TPSA) is 46.9 Å². The standard InChI is InChI=1S/C18H17N3O/c1-14(15-5-3-2-4-6-15)20-18(22)16-7-9-17(10-8-16)21-12-11-19-13-21/h2-14H,1H3,(H,20,22). The molecule has 110 valence electrons.